The second-order valence-corrected chi connectivity index (χ2v) is 2.70. The molecule has 1 amide bonds. The zero-order valence-corrected chi connectivity index (χ0v) is 7.88. The second-order valence-electron chi connectivity index (χ2n) is 2.70. The maximum atomic E-state index is 11.1. The third kappa shape index (κ3) is 4.07. The van der Waals surface area contributed by atoms with Crippen molar-refractivity contribution in [3.63, 3.8) is 0 Å². The predicted molar refractivity (Wildman–Crippen MR) is 49.0 cm³/mol. The van der Waals surface area contributed by atoms with Gasteiger partial charge in [-0.15, -0.1) is 0 Å². The Morgan fingerprint density at radius 3 is 3.13 bits per heavy atom. The van der Waals surface area contributed by atoms with Crippen LogP contribution in [0.2, 0.25) is 0 Å². The smallest absolute Gasteiger partial charge is 0.228 e. The van der Waals surface area contributed by atoms with E-state index in [0.717, 1.165) is 0 Å². The molecule has 82 valence electrons. The number of rotatable bonds is 5. The highest BCUT2D eigenvalue weighted by Gasteiger charge is 2.05. The van der Waals surface area contributed by atoms with Gasteiger partial charge < -0.3 is 20.8 Å². The minimum Gasteiger partial charge on any atom is -0.409 e. The summed E-state index contributed by atoms with van der Waals surface area (Å²) >= 11 is 0. The summed E-state index contributed by atoms with van der Waals surface area (Å²) in [7, 11) is 0. The molecule has 0 bridgehead atoms. The van der Waals surface area contributed by atoms with E-state index in [0.29, 0.717) is 18.9 Å². The zero-order valence-electron chi connectivity index (χ0n) is 7.88. The van der Waals surface area contributed by atoms with Gasteiger partial charge in [-0.1, -0.05) is 10.3 Å². The van der Waals surface area contributed by atoms with Crippen LogP contribution >= 0.6 is 0 Å². The van der Waals surface area contributed by atoms with Gasteiger partial charge in [0.1, 0.15) is 5.84 Å². The maximum Gasteiger partial charge on any atom is 0.228 e. The molecule has 1 heterocycles. The van der Waals surface area contributed by atoms with E-state index in [1.807, 2.05) is 0 Å². The van der Waals surface area contributed by atoms with Crippen molar-refractivity contribution < 1.29 is 14.5 Å². The Bertz CT molecular complexity index is 334. The van der Waals surface area contributed by atoms with Gasteiger partial charge in [-0.3, -0.25) is 4.79 Å². The fraction of sp³-hybridized carbons (Fsp3) is 0.429. The molecule has 0 saturated carbocycles. The zero-order chi connectivity index (χ0) is 11.1. The largest absolute Gasteiger partial charge is 0.409 e. The minimum atomic E-state index is -0.329. The third-order valence-corrected chi connectivity index (χ3v) is 1.54. The lowest BCUT2D eigenvalue weighted by atomic mass is 10.3. The van der Waals surface area contributed by atoms with Crippen molar-refractivity contribution in [2.24, 2.45) is 10.9 Å². The summed E-state index contributed by atoms with van der Waals surface area (Å²) in [6, 6.07) is 0. The quantitative estimate of drug-likeness (QED) is 0.246. The molecule has 8 heteroatoms. The highest BCUT2D eigenvalue weighted by molar-refractivity contribution is 5.98. The van der Waals surface area contributed by atoms with E-state index in [1.54, 1.807) is 0 Å². The lowest BCUT2D eigenvalue weighted by Crippen LogP contribution is -2.30. The van der Waals surface area contributed by atoms with E-state index in [1.165, 1.54) is 6.33 Å². The van der Waals surface area contributed by atoms with Crippen molar-refractivity contribution in [1.82, 2.24) is 15.5 Å². The molecule has 1 rings (SSSR count). The van der Waals surface area contributed by atoms with Crippen LogP contribution in [0.3, 0.4) is 0 Å². The topological polar surface area (TPSA) is 127 Å². The Morgan fingerprint density at radius 1 is 1.73 bits per heavy atom. The summed E-state index contributed by atoms with van der Waals surface area (Å²) in [4.78, 5) is 14.9. The van der Waals surface area contributed by atoms with Gasteiger partial charge in [0, 0.05) is 13.0 Å². The highest BCUT2D eigenvalue weighted by Crippen LogP contribution is 1.90. The molecule has 0 spiro atoms. The first-order chi connectivity index (χ1) is 7.22. The molecule has 1 aromatic rings. The van der Waals surface area contributed by atoms with Crippen LogP contribution in [0.5, 0.6) is 0 Å². The van der Waals surface area contributed by atoms with Crippen molar-refractivity contribution in [1.29, 1.82) is 0 Å². The van der Waals surface area contributed by atoms with Crippen LogP contribution in [0.25, 0.3) is 0 Å². The first-order valence-corrected chi connectivity index (χ1v) is 4.21. The van der Waals surface area contributed by atoms with Crippen LogP contribution in [0, 0.1) is 0 Å². The summed E-state index contributed by atoms with van der Waals surface area (Å²) in [6.45, 7) is 0.361. The fourth-order valence-electron chi connectivity index (χ4n) is 0.877. The van der Waals surface area contributed by atoms with Crippen molar-refractivity contribution in [2.75, 3.05) is 6.54 Å². The lowest BCUT2D eigenvalue weighted by Gasteiger charge is -2.01. The number of carbonyl (C=O) groups excluding carboxylic acids is 1. The first kappa shape index (κ1) is 11.0. The molecule has 0 atom stereocenters. The van der Waals surface area contributed by atoms with Crippen LogP contribution in [0.4, 0.5) is 0 Å². The Balaban J connectivity index is 2.18. The van der Waals surface area contributed by atoms with Gasteiger partial charge in [-0.05, 0) is 0 Å². The van der Waals surface area contributed by atoms with Crippen molar-refractivity contribution in [3.05, 3.63) is 12.2 Å². The summed E-state index contributed by atoms with van der Waals surface area (Å²) in [6.07, 6.45) is 1.59. The Morgan fingerprint density at radius 2 is 2.53 bits per heavy atom. The van der Waals surface area contributed by atoms with Gasteiger partial charge in [0.25, 0.3) is 0 Å². The molecule has 8 nitrogen and oxygen atoms in total. The van der Waals surface area contributed by atoms with E-state index in [-0.39, 0.29) is 18.2 Å². The number of nitrogens with two attached hydrogens (primary N) is 1. The van der Waals surface area contributed by atoms with Gasteiger partial charge in [0.05, 0.1) is 6.42 Å². The molecule has 0 radical (unpaired) electrons. The minimum absolute atomic E-state index is 0.134. The molecule has 0 aliphatic rings. The summed E-state index contributed by atoms with van der Waals surface area (Å²) < 4.78 is 4.72. The molecule has 0 unspecified atom stereocenters. The average molecular weight is 213 g/mol. The molecule has 15 heavy (non-hydrogen) atoms. The van der Waals surface area contributed by atoms with Crippen LogP contribution < -0.4 is 11.1 Å². The number of amidine groups is 1. The van der Waals surface area contributed by atoms with Crippen molar-refractivity contribution in [2.45, 2.75) is 12.8 Å². The molecule has 0 saturated heterocycles. The fourth-order valence-corrected chi connectivity index (χ4v) is 0.877. The molecule has 0 aliphatic carbocycles. The molecule has 0 aliphatic heterocycles. The van der Waals surface area contributed by atoms with E-state index in [4.69, 9.17) is 15.5 Å². The Labute approximate surface area is 85.1 Å². The van der Waals surface area contributed by atoms with Gasteiger partial charge in [-0.2, -0.15) is 4.98 Å². The van der Waals surface area contributed by atoms with E-state index in [2.05, 4.69) is 20.6 Å². The van der Waals surface area contributed by atoms with Gasteiger partial charge >= 0.3 is 0 Å². The summed E-state index contributed by atoms with van der Waals surface area (Å²) in [5.41, 5.74) is 5.14. The summed E-state index contributed by atoms with van der Waals surface area (Å²) in [5.74, 6) is -0.0193. The van der Waals surface area contributed by atoms with Crippen LogP contribution in [0.15, 0.2) is 16.0 Å². The normalized spacial score (nSPS) is 11.3. The van der Waals surface area contributed by atoms with E-state index in [9.17, 15) is 4.79 Å². The number of hydrogen-bond acceptors (Lipinski definition) is 6. The first-order valence-electron chi connectivity index (χ1n) is 4.21. The summed E-state index contributed by atoms with van der Waals surface area (Å²) in [5, 5.41) is 16.8. The monoisotopic (exact) mass is 213 g/mol. The Kier molecular flexibility index (Phi) is 4.07. The van der Waals surface area contributed by atoms with Crippen LogP contribution in [-0.2, 0) is 11.2 Å². The average Bonchev–Trinajstić information content (AvgIpc) is 2.70. The van der Waals surface area contributed by atoms with Gasteiger partial charge in [-0.25, -0.2) is 0 Å². The number of oxime groups is 1. The molecule has 1 aromatic heterocycles. The second kappa shape index (κ2) is 5.58. The predicted octanol–water partition coefficient (Wildman–Crippen LogP) is -1.14. The van der Waals surface area contributed by atoms with Gasteiger partial charge in [0.15, 0.2) is 6.33 Å². The Hall–Kier alpha value is -2.12. The molecular weight excluding hydrogens is 202 g/mol. The van der Waals surface area contributed by atoms with E-state index < -0.39 is 0 Å². The molecule has 0 fully saturated rings. The number of hydrogen-bond donors (Lipinski definition) is 3. The molecular formula is C7H11N5O3. The third-order valence-electron chi connectivity index (χ3n) is 1.54. The number of nitrogens with zero attached hydrogens (tertiary/aromatic N) is 3. The maximum absolute atomic E-state index is 11.1. The lowest BCUT2D eigenvalue weighted by molar-refractivity contribution is -0.119. The highest BCUT2D eigenvalue weighted by atomic mass is 16.5. The number of amides is 1. The molecule has 0 aromatic carbocycles. The standard InChI is InChI=1S/C7H11N5O3/c8-5(12-14)3-6(13)9-2-1-7-10-4-11-15-7/h4,14H,1-3H2,(H2,8,12)(H,9,13). The number of nitrogens with one attached hydrogen (secondary N) is 1. The van der Waals surface area contributed by atoms with Crippen molar-refractivity contribution >= 4 is 11.7 Å². The number of carbonyl (C=O) groups is 1. The van der Waals surface area contributed by atoms with Crippen molar-refractivity contribution in [3.8, 4) is 0 Å². The SMILES string of the molecule is NC(CC(=O)NCCc1ncno1)=NO. The number of aromatic nitrogens is 2. The van der Waals surface area contributed by atoms with Gasteiger partial charge in [0.2, 0.25) is 11.8 Å². The van der Waals surface area contributed by atoms with E-state index >= 15 is 0 Å². The molecule has 4 N–H and O–H groups in total. The van der Waals surface area contributed by atoms with Crippen LogP contribution in [-0.4, -0.2) is 33.6 Å². The van der Waals surface area contributed by atoms with Crippen LogP contribution in [0.1, 0.15) is 12.3 Å².